The lowest BCUT2D eigenvalue weighted by molar-refractivity contribution is -0.116. The van der Waals surface area contributed by atoms with E-state index in [2.05, 4.69) is 21.6 Å². The van der Waals surface area contributed by atoms with Crippen LogP contribution in [0.15, 0.2) is 75.5 Å². The summed E-state index contributed by atoms with van der Waals surface area (Å²) in [4.78, 5) is 27.4. The van der Waals surface area contributed by atoms with E-state index >= 15 is 0 Å². The highest BCUT2D eigenvalue weighted by Gasteiger charge is 2.41. The fraction of sp³-hybridized carbons (Fsp3) is 0.250. The number of aromatic nitrogens is 2. The Morgan fingerprint density at radius 1 is 1.18 bits per heavy atom. The number of carbonyl (C=O) groups excluding carboxylic acids is 2. The van der Waals surface area contributed by atoms with Gasteiger partial charge in [-0.05, 0) is 42.7 Å². The number of nitrogens with two attached hydrogens (primary N) is 1. The number of ketones is 1. The number of anilines is 2. The zero-order valence-electron chi connectivity index (χ0n) is 21.8. The van der Waals surface area contributed by atoms with Crippen molar-refractivity contribution < 1.29 is 19.1 Å². The van der Waals surface area contributed by atoms with Crippen molar-refractivity contribution in [1.29, 1.82) is 5.26 Å². The molecule has 1 unspecified atom stereocenters. The first-order valence-electron chi connectivity index (χ1n) is 12.4. The molecular formula is C28H26N6O4S2. The van der Waals surface area contributed by atoms with Gasteiger partial charge in [0.05, 0.1) is 37.5 Å². The molecular weight excluding hydrogens is 548 g/mol. The Balaban J connectivity index is 1.46. The molecule has 0 radical (unpaired) electrons. The van der Waals surface area contributed by atoms with Crippen LogP contribution in [0.25, 0.3) is 0 Å². The number of methoxy groups -OCH3 is 2. The monoisotopic (exact) mass is 574 g/mol. The van der Waals surface area contributed by atoms with Gasteiger partial charge in [-0.15, -0.1) is 10.2 Å². The molecule has 1 aliphatic heterocycles. The second kappa shape index (κ2) is 11.8. The number of thioether (sulfide) groups is 1. The first-order chi connectivity index (χ1) is 19.4. The maximum absolute atomic E-state index is 13.4. The molecule has 204 valence electrons. The van der Waals surface area contributed by atoms with E-state index in [1.807, 2.05) is 36.4 Å². The van der Waals surface area contributed by atoms with Gasteiger partial charge >= 0.3 is 0 Å². The van der Waals surface area contributed by atoms with Gasteiger partial charge in [-0.3, -0.25) is 14.5 Å². The summed E-state index contributed by atoms with van der Waals surface area (Å²) in [5.74, 6) is 0.523. The summed E-state index contributed by atoms with van der Waals surface area (Å²) in [5, 5.41) is 22.1. The molecule has 2 aliphatic rings. The molecule has 5 rings (SSSR count). The van der Waals surface area contributed by atoms with E-state index in [0.717, 1.165) is 0 Å². The third kappa shape index (κ3) is 5.25. The number of hydrogen-bond acceptors (Lipinski definition) is 11. The molecule has 3 aromatic rings. The number of para-hydroxylation sites is 1. The highest BCUT2D eigenvalue weighted by atomic mass is 32.2. The lowest BCUT2D eigenvalue weighted by Gasteiger charge is -2.38. The van der Waals surface area contributed by atoms with Gasteiger partial charge in [0.25, 0.3) is 0 Å². The number of carbonyl (C=O) groups is 2. The molecule has 0 spiro atoms. The maximum atomic E-state index is 13.4. The average Bonchev–Trinajstić information content (AvgIpc) is 3.44. The minimum Gasteiger partial charge on any atom is -0.493 e. The summed E-state index contributed by atoms with van der Waals surface area (Å²) in [6.07, 6.45) is 1.62. The average molecular weight is 575 g/mol. The van der Waals surface area contributed by atoms with Gasteiger partial charge in [0.1, 0.15) is 5.82 Å². The van der Waals surface area contributed by atoms with Crippen molar-refractivity contribution in [2.45, 2.75) is 29.5 Å². The number of nitrogens with zero attached hydrogens (tertiary/aromatic N) is 4. The van der Waals surface area contributed by atoms with Gasteiger partial charge in [-0.25, -0.2) is 0 Å². The van der Waals surface area contributed by atoms with Crippen LogP contribution in [0.2, 0.25) is 0 Å². The van der Waals surface area contributed by atoms with Crippen LogP contribution in [0.3, 0.4) is 0 Å². The lowest BCUT2D eigenvalue weighted by Crippen LogP contribution is -2.38. The van der Waals surface area contributed by atoms with Gasteiger partial charge in [0, 0.05) is 23.4 Å². The largest absolute Gasteiger partial charge is 0.493 e. The predicted octanol–water partition coefficient (Wildman–Crippen LogP) is 4.59. The molecule has 0 saturated carbocycles. The molecule has 0 saturated heterocycles. The van der Waals surface area contributed by atoms with E-state index in [4.69, 9.17) is 15.2 Å². The quantitative estimate of drug-likeness (QED) is 0.367. The minimum atomic E-state index is -0.646. The highest BCUT2D eigenvalue weighted by Crippen LogP contribution is 2.48. The van der Waals surface area contributed by atoms with Crippen molar-refractivity contribution in [2.24, 2.45) is 5.73 Å². The molecule has 2 aromatic carbocycles. The van der Waals surface area contributed by atoms with Crippen LogP contribution in [0.1, 0.15) is 30.7 Å². The Hall–Kier alpha value is -4.34. The fourth-order valence-electron chi connectivity index (χ4n) is 4.87. The van der Waals surface area contributed by atoms with E-state index in [1.165, 1.54) is 30.2 Å². The second-order valence-electron chi connectivity index (χ2n) is 8.98. The van der Waals surface area contributed by atoms with Crippen LogP contribution in [-0.2, 0) is 9.59 Å². The Labute approximate surface area is 239 Å². The molecule has 2 heterocycles. The highest BCUT2D eigenvalue weighted by molar-refractivity contribution is 8.01. The second-order valence-corrected chi connectivity index (χ2v) is 11.2. The summed E-state index contributed by atoms with van der Waals surface area (Å²) in [7, 11) is 3.08. The molecule has 0 bridgehead atoms. The zero-order chi connectivity index (χ0) is 28.2. The third-order valence-corrected chi connectivity index (χ3v) is 8.67. The van der Waals surface area contributed by atoms with Gasteiger partial charge < -0.3 is 20.5 Å². The Bertz CT molecular complexity index is 1560. The fourth-order valence-corrected chi connectivity index (χ4v) is 6.55. The van der Waals surface area contributed by atoms with Crippen LogP contribution in [0.4, 0.5) is 10.8 Å². The first-order valence-corrected chi connectivity index (χ1v) is 14.2. The number of Topliss-reactive ketones (excluding diaryl/α,β-unsaturated/α-hetero) is 1. The summed E-state index contributed by atoms with van der Waals surface area (Å²) in [5.41, 5.74) is 9.54. The van der Waals surface area contributed by atoms with E-state index in [0.29, 0.717) is 62.8 Å². The summed E-state index contributed by atoms with van der Waals surface area (Å²) in [6.45, 7) is 0. The Morgan fingerprint density at radius 2 is 1.95 bits per heavy atom. The van der Waals surface area contributed by atoms with E-state index in [9.17, 15) is 14.9 Å². The van der Waals surface area contributed by atoms with Crippen LogP contribution in [0, 0.1) is 11.3 Å². The van der Waals surface area contributed by atoms with Crippen LogP contribution in [-0.4, -0.2) is 41.9 Å². The van der Waals surface area contributed by atoms with Crippen molar-refractivity contribution in [3.8, 4) is 17.6 Å². The van der Waals surface area contributed by atoms with Gasteiger partial charge in [0.15, 0.2) is 21.6 Å². The van der Waals surface area contributed by atoms with Crippen molar-refractivity contribution in [3.05, 3.63) is 76.8 Å². The SMILES string of the molecule is COc1ccc(C2C(C#N)=C(N)N(c3nnc(SCC(=O)Nc4ccccc4)s3)C3=C2C(=O)CCC3)cc1OC. The number of nitrogens with one attached hydrogen (secondary N) is 1. The zero-order valence-corrected chi connectivity index (χ0v) is 23.5. The van der Waals surface area contributed by atoms with Crippen molar-refractivity contribution in [1.82, 2.24) is 10.2 Å². The molecule has 1 aromatic heterocycles. The summed E-state index contributed by atoms with van der Waals surface area (Å²) in [6, 6.07) is 16.8. The molecule has 1 atom stereocenters. The normalized spacial score (nSPS) is 16.9. The predicted molar refractivity (Wildman–Crippen MR) is 153 cm³/mol. The van der Waals surface area contributed by atoms with Gasteiger partial charge in [-0.1, -0.05) is 47.4 Å². The lowest BCUT2D eigenvalue weighted by atomic mass is 9.75. The van der Waals surface area contributed by atoms with Crippen LogP contribution < -0.4 is 25.4 Å². The van der Waals surface area contributed by atoms with Crippen molar-refractivity contribution in [2.75, 3.05) is 30.2 Å². The van der Waals surface area contributed by atoms with Gasteiger partial charge in [-0.2, -0.15) is 5.26 Å². The number of rotatable bonds is 8. The standard InChI is InChI=1S/C28H26N6O4S2/c1-37-21-12-11-16(13-22(21)38-2)24-18(14-29)26(30)34(19-9-6-10-20(35)25(19)24)27-32-33-28(40-27)39-15-23(36)31-17-7-4-3-5-8-17/h3-5,7-8,11-13,24H,6,9-10,15,30H2,1-2H3,(H,31,36). The molecule has 10 nitrogen and oxygen atoms in total. The van der Waals surface area contributed by atoms with Crippen molar-refractivity contribution in [3.63, 3.8) is 0 Å². The van der Waals surface area contributed by atoms with Gasteiger partial charge in [0.2, 0.25) is 11.0 Å². The summed E-state index contributed by atoms with van der Waals surface area (Å²) < 4.78 is 11.4. The minimum absolute atomic E-state index is 0.0389. The number of ether oxygens (including phenoxy) is 2. The third-order valence-electron chi connectivity index (χ3n) is 6.63. The number of nitriles is 1. The molecule has 1 amide bonds. The van der Waals surface area contributed by atoms with Crippen molar-refractivity contribution >= 4 is 45.6 Å². The van der Waals surface area contributed by atoms with Crippen LogP contribution in [0.5, 0.6) is 11.5 Å². The smallest absolute Gasteiger partial charge is 0.234 e. The Morgan fingerprint density at radius 3 is 2.67 bits per heavy atom. The molecule has 0 fully saturated rings. The topological polar surface area (TPSA) is 143 Å². The molecule has 40 heavy (non-hydrogen) atoms. The van der Waals surface area contributed by atoms with E-state index < -0.39 is 5.92 Å². The number of amides is 1. The molecule has 1 aliphatic carbocycles. The van der Waals surface area contributed by atoms with E-state index in [-0.39, 0.29) is 28.8 Å². The summed E-state index contributed by atoms with van der Waals surface area (Å²) >= 11 is 2.50. The molecule has 12 heteroatoms. The van der Waals surface area contributed by atoms with Crippen LogP contribution >= 0.6 is 23.1 Å². The first kappa shape index (κ1) is 27.2. The molecule has 3 N–H and O–H groups in total. The maximum Gasteiger partial charge on any atom is 0.234 e. The number of hydrogen-bond donors (Lipinski definition) is 2. The number of allylic oxidation sites excluding steroid dienone is 3. The van der Waals surface area contributed by atoms with E-state index in [1.54, 1.807) is 24.1 Å². The Kier molecular flexibility index (Phi) is 8.04. The number of benzene rings is 2.